The van der Waals surface area contributed by atoms with E-state index in [1.807, 2.05) is 38.1 Å². The second kappa shape index (κ2) is 10.2. The molecule has 0 aliphatic rings. The first kappa shape index (κ1) is 23.4. The SMILES string of the molecule is C#CCOc1ccc(C(C)(C)c2ccc(OCC#C)c(NC(C)=O)c2)cc1NC(C)=O. The molecule has 0 saturated heterocycles. The molecule has 0 heterocycles. The summed E-state index contributed by atoms with van der Waals surface area (Å²) in [6.45, 7) is 7.12. The van der Waals surface area contributed by atoms with Gasteiger partial charge in [-0.15, -0.1) is 12.8 Å². The molecule has 0 aromatic heterocycles. The van der Waals surface area contributed by atoms with Crippen LogP contribution in [-0.4, -0.2) is 25.0 Å². The number of nitrogens with one attached hydrogen (secondary N) is 2. The lowest BCUT2D eigenvalue weighted by Gasteiger charge is -2.28. The van der Waals surface area contributed by atoms with Gasteiger partial charge in [0, 0.05) is 19.3 Å². The molecular formula is C25H26N2O4. The first-order chi connectivity index (χ1) is 14.7. The largest absolute Gasteiger partial charge is 0.479 e. The van der Waals surface area contributed by atoms with Crippen LogP contribution < -0.4 is 20.1 Å². The van der Waals surface area contributed by atoms with Gasteiger partial charge in [0.15, 0.2) is 0 Å². The van der Waals surface area contributed by atoms with E-state index in [-0.39, 0.29) is 25.0 Å². The molecule has 2 amide bonds. The monoisotopic (exact) mass is 418 g/mol. The molecule has 0 radical (unpaired) electrons. The Balaban J connectivity index is 2.50. The highest BCUT2D eigenvalue weighted by molar-refractivity contribution is 5.91. The zero-order valence-electron chi connectivity index (χ0n) is 18.2. The highest BCUT2D eigenvalue weighted by atomic mass is 16.5. The fraction of sp³-hybridized carbons (Fsp3) is 0.280. The Labute approximate surface area is 183 Å². The first-order valence-electron chi connectivity index (χ1n) is 9.65. The summed E-state index contributed by atoms with van der Waals surface area (Å²) in [5.74, 6) is 5.37. The Morgan fingerprint density at radius 1 is 0.839 bits per heavy atom. The number of benzene rings is 2. The summed E-state index contributed by atoms with van der Waals surface area (Å²) in [5.41, 5.74) is 2.44. The van der Waals surface area contributed by atoms with Crippen LogP contribution in [0.5, 0.6) is 11.5 Å². The average molecular weight is 418 g/mol. The van der Waals surface area contributed by atoms with Gasteiger partial charge in [-0.3, -0.25) is 9.59 Å². The second-order valence-electron chi connectivity index (χ2n) is 7.39. The number of rotatable bonds is 8. The smallest absolute Gasteiger partial charge is 0.221 e. The first-order valence-corrected chi connectivity index (χ1v) is 9.65. The maximum absolute atomic E-state index is 11.7. The van der Waals surface area contributed by atoms with Crippen molar-refractivity contribution in [2.24, 2.45) is 0 Å². The van der Waals surface area contributed by atoms with Crippen molar-refractivity contribution < 1.29 is 19.1 Å². The number of hydrogen-bond acceptors (Lipinski definition) is 4. The van der Waals surface area contributed by atoms with Crippen molar-refractivity contribution in [3.8, 4) is 36.2 Å². The standard InChI is InChI=1S/C25H26N2O4/c1-7-13-30-23-11-9-19(15-21(23)26-17(3)28)25(5,6)20-10-12-24(31-14-8-2)22(16-20)27-18(4)29/h1-2,9-12,15-16H,13-14H2,3-6H3,(H,26,28)(H,27,29). The van der Waals surface area contributed by atoms with E-state index in [0.29, 0.717) is 22.9 Å². The lowest BCUT2D eigenvalue weighted by atomic mass is 9.77. The number of carbonyl (C=O) groups excluding carboxylic acids is 2. The van der Waals surface area contributed by atoms with E-state index in [0.717, 1.165) is 11.1 Å². The predicted molar refractivity (Wildman–Crippen MR) is 122 cm³/mol. The molecule has 0 bridgehead atoms. The predicted octanol–water partition coefficient (Wildman–Crippen LogP) is 3.95. The zero-order chi connectivity index (χ0) is 23.0. The van der Waals surface area contributed by atoms with Crippen LogP contribution in [0.3, 0.4) is 0 Å². The Morgan fingerprint density at radius 3 is 1.55 bits per heavy atom. The Hall–Kier alpha value is -3.90. The van der Waals surface area contributed by atoms with Crippen LogP contribution in [0.4, 0.5) is 11.4 Å². The molecule has 6 nitrogen and oxygen atoms in total. The lowest BCUT2D eigenvalue weighted by Crippen LogP contribution is -2.20. The molecule has 2 aromatic carbocycles. The quantitative estimate of drug-likeness (QED) is 0.637. The maximum atomic E-state index is 11.7. The third-order valence-electron chi connectivity index (χ3n) is 4.65. The molecule has 0 aliphatic carbocycles. The van der Waals surface area contributed by atoms with Crippen molar-refractivity contribution in [2.75, 3.05) is 23.8 Å². The summed E-state index contributed by atoms with van der Waals surface area (Å²) in [5, 5.41) is 5.58. The van der Waals surface area contributed by atoms with Gasteiger partial charge >= 0.3 is 0 Å². The van der Waals surface area contributed by atoms with Crippen LogP contribution in [0.2, 0.25) is 0 Å². The number of amides is 2. The summed E-state index contributed by atoms with van der Waals surface area (Å²) >= 11 is 0. The van der Waals surface area contributed by atoms with Crippen LogP contribution >= 0.6 is 0 Å². The molecule has 0 unspecified atom stereocenters. The van der Waals surface area contributed by atoms with Crippen LogP contribution in [0.25, 0.3) is 0 Å². The molecule has 0 atom stereocenters. The molecule has 31 heavy (non-hydrogen) atoms. The topological polar surface area (TPSA) is 76.7 Å². The van der Waals surface area contributed by atoms with E-state index in [2.05, 4.69) is 22.5 Å². The summed E-state index contributed by atoms with van der Waals surface area (Å²) in [6, 6.07) is 11.1. The molecular weight excluding hydrogens is 392 g/mol. The number of hydrogen-bond donors (Lipinski definition) is 2. The maximum Gasteiger partial charge on any atom is 0.221 e. The lowest BCUT2D eigenvalue weighted by molar-refractivity contribution is -0.115. The van der Waals surface area contributed by atoms with Gasteiger partial charge in [-0.25, -0.2) is 0 Å². The fourth-order valence-electron chi connectivity index (χ4n) is 3.07. The van der Waals surface area contributed by atoms with Gasteiger partial charge in [0.05, 0.1) is 11.4 Å². The molecule has 0 aliphatic heterocycles. The number of carbonyl (C=O) groups is 2. The Morgan fingerprint density at radius 2 is 1.23 bits per heavy atom. The summed E-state index contributed by atoms with van der Waals surface area (Å²) in [6.07, 6.45) is 10.6. The second-order valence-corrected chi connectivity index (χ2v) is 7.39. The van der Waals surface area contributed by atoms with Crippen molar-refractivity contribution >= 4 is 23.2 Å². The van der Waals surface area contributed by atoms with Crippen molar-refractivity contribution in [1.29, 1.82) is 0 Å². The number of ether oxygens (including phenoxy) is 2. The van der Waals surface area contributed by atoms with Crippen molar-refractivity contribution in [3.05, 3.63) is 47.5 Å². The van der Waals surface area contributed by atoms with Crippen LogP contribution in [-0.2, 0) is 15.0 Å². The van der Waals surface area contributed by atoms with Crippen molar-refractivity contribution in [1.82, 2.24) is 0 Å². The summed E-state index contributed by atoms with van der Waals surface area (Å²) in [4.78, 5) is 23.3. The molecule has 160 valence electrons. The highest BCUT2D eigenvalue weighted by Gasteiger charge is 2.26. The molecule has 0 spiro atoms. The van der Waals surface area contributed by atoms with E-state index in [9.17, 15) is 9.59 Å². The molecule has 0 saturated carbocycles. The average Bonchev–Trinajstić information content (AvgIpc) is 2.71. The third-order valence-corrected chi connectivity index (χ3v) is 4.65. The van der Waals surface area contributed by atoms with Gasteiger partial charge in [0.1, 0.15) is 24.7 Å². The van der Waals surface area contributed by atoms with Crippen molar-refractivity contribution in [3.63, 3.8) is 0 Å². The van der Waals surface area contributed by atoms with Gasteiger partial charge in [0.25, 0.3) is 0 Å². The summed E-state index contributed by atoms with van der Waals surface area (Å²) < 4.78 is 11.1. The third kappa shape index (κ3) is 6.04. The minimum absolute atomic E-state index is 0.0918. The van der Waals surface area contributed by atoms with Gasteiger partial charge in [-0.1, -0.05) is 37.8 Å². The molecule has 6 heteroatoms. The molecule has 2 rings (SSSR count). The van der Waals surface area contributed by atoms with Gasteiger partial charge in [-0.05, 0) is 35.4 Å². The molecule has 2 aromatic rings. The minimum atomic E-state index is -0.476. The molecule has 0 fully saturated rings. The zero-order valence-corrected chi connectivity index (χ0v) is 18.2. The molecule has 2 N–H and O–H groups in total. The fourth-order valence-corrected chi connectivity index (χ4v) is 3.07. The van der Waals surface area contributed by atoms with Gasteiger partial charge in [-0.2, -0.15) is 0 Å². The normalized spacial score (nSPS) is 10.4. The minimum Gasteiger partial charge on any atom is -0.479 e. The highest BCUT2D eigenvalue weighted by Crippen LogP contribution is 2.39. The summed E-state index contributed by atoms with van der Waals surface area (Å²) in [7, 11) is 0. The Kier molecular flexibility index (Phi) is 7.71. The van der Waals surface area contributed by atoms with E-state index in [4.69, 9.17) is 22.3 Å². The van der Waals surface area contributed by atoms with E-state index in [1.165, 1.54) is 13.8 Å². The van der Waals surface area contributed by atoms with Crippen LogP contribution in [0.15, 0.2) is 36.4 Å². The Bertz CT molecular complexity index is 975. The van der Waals surface area contributed by atoms with Crippen LogP contribution in [0, 0.1) is 24.7 Å². The van der Waals surface area contributed by atoms with E-state index < -0.39 is 5.41 Å². The van der Waals surface area contributed by atoms with E-state index in [1.54, 1.807) is 12.1 Å². The van der Waals surface area contributed by atoms with Crippen molar-refractivity contribution in [2.45, 2.75) is 33.1 Å². The van der Waals surface area contributed by atoms with Gasteiger partial charge < -0.3 is 20.1 Å². The number of anilines is 2. The van der Waals surface area contributed by atoms with E-state index >= 15 is 0 Å². The number of terminal acetylenes is 2. The van der Waals surface area contributed by atoms with Gasteiger partial charge in [0.2, 0.25) is 11.8 Å². The van der Waals surface area contributed by atoms with Crippen LogP contribution in [0.1, 0.15) is 38.8 Å².